The number of nitrogens with zero attached hydrogens (tertiary/aromatic N) is 1. The lowest BCUT2D eigenvalue weighted by atomic mass is 9.88. The second-order valence-corrected chi connectivity index (χ2v) is 9.53. The van der Waals surface area contributed by atoms with Crippen molar-refractivity contribution >= 4 is 17.7 Å². The predicted octanol–water partition coefficient (Wildman–Crippen LogP) is 2.71. The summed E-state index contributed by atoms with van der Waals surface area (Å²) in [6.07, 6.45) is 1.93. The van der Waals surface area contributed by atoms with Crippen LogP contribution in [0.3, 0.4) is 0 Å². The van der Waals surface area contributed by atoms with Gasteiger partial charge in [0.1, 0.15) is 6.04 Å². The second-order valence-electron chi connectivity index (χ2n) is 9.53. The van der Waals surface area contributed by atoms with Crippen molar-refractivity contribution in [1.82, 2.24) is 15.5 Å². The van der Waals surface area contributed by atoms with Gasteiger partial charge in [0.15, 0.2) is 23.0 Å². The lowest BCUT2D eigenvalue weighted by Crippen LogP contribution is -2.55. The number of benzene rings is 2. The molecule has 2 aromatic rings. The first-order valence-electron chi connectivity index (χ1n) is 12.6. The largest absolute Gasteiger partial charge is 0.454 e. The van der Waals surface area contributed by atoms with E-state index in [1.807, 2.05) is 13.8 Å². The van der Waals surface area contributed by atoms with Crippen LogP contribution < -0.4 is 29.6 Å². The number of likely N-dealkylation sites (tertiary alicyclic amines) is 1. The Hall–Kier alpha value is -3.95. The molecule has 5 rings (SSSR count). The molecule has 0 aliphatic carbocycles. The zero-order chi connectivity index (χ0) is 25.9. The number of rotatable bonds is 7. The fraction of sp³-hybridized carbons (Fsp3) is 0.444. The topological polar surface area (TPSA) is 115 Å². The zero-order valence-corrected chi connectivity index (χ0v) is 21.0. The highest BCUT2D eigenvalue weighted by molar-refractivity contribution is 5.98. The average Bonchev–Trinajstić information content (AvgIpc) is 3.59. The highest BCUT2D eigenvalue weighted by Gasteiger charge is 2.35. The molecule has 1 fully saturated rings. The third-order valence-corrected chi connectivity index (χ3v) is 7.12. The Bertz CT molecular complexity index is 1190. The van der Waals surface area contributed by atoms with Gasteiger partial charge in [0, 0.05) is 30.3 Å². The molecule has 1 saturated heterocycles. The Morgan fingerprint density at radius 1 is 0.865 bits per heavy atom. The highest BCUT2D eigenvalue weighted by Crippen LogP contribution is 2.34. The maximum absolute atomic E-state index is 13.2. The molecule has 3 amide bonds. The van der Waals surface area contributed by atoms with Crippen molar-refractivity contribution in [2.75, 3.05) is 26.7 Å². The number of carbonyl (C=O) groups excluding carboxylic acids is 3. The summed E-state index contributed by atoms with van der Waals surface area (Å²) in [6.45, 7) is 5.14. The molecule has 0 saturated carbocycles. The molecule has 2 N–H and O–H groups in total. The van der Waals surface area contributed by atoms with Gasteiger partial charge in [0.05, 0.1) is 0 Å². The van der Waals surface area contributed by atoms with E-state index < -0.39 is 6.04 Å². The van der Waals surface area contributed by atoms with Crippen LogP contribution >= 0.6 is 0 Å². The van der Waals surface area contributed by atoms with Gasteiger partial charge in [-0.2, -0.15) is 0 Å². The molecule has 10 nitrogen and oxygen atoms in total. The first kappa shape index (κ1) is 24.7. The van der Waals surface area contributed by atoms with Crippen LogP contribution in [0.5, 0.6) is 23.0 Å². The smallest absolute Gasteiger partial charge is 0.253 e. The van der Waals surface area contributed by atoms with E-state index in [0.29, 0.717) is 60.1 Å². The lowest BCUT2D eigenvalue weighted by Gasteiger charge is -2.36. The van der Waals surface area contributed by atoms with E-state index in [9.17, 15) is 14.4 Å². The first-order chi connectivity index (χ1) is 17.9. The molecule has 37 heavy (non-hydrogen) atoms. The number of piperidine rings is 1. The van der Waals surface area contributed by atoms with E-state index in [1.54, 1.807) is 41.3 Å². The first-order valence-corrected chi connectivity index (χ1v) is 12.6. The van der Waals surface area contributed by atoms with E-state index in [2.05, 4.69) is 10.6 Å². The number of fused-ring (bicyclic) bond motifs is 2. The van der Waals surface area contributed by atoms with Crippen molar-refractivity contribution in [3.63, 3.8) is 0 Å². The van der Waals surface area contributed by atoms with Crippen LogP contribution in [0.4, 0.5) is 0 Å². The fourth-order valence-electron chi connectivity index (χ4n) is 4.74. The molecule has 3 aliphatic rings. The summed E-state index contributed by atoms with van der Waals surface area (Å²) in [5, 5.41) is 5.95. The second kappa shape index (κ2) is 10.6. The molecule has 0 unspecified atom stereocenters. The van der Waals surface area contributed by atoms with E-state index in [4.69, 9.17) is 18.9 Å². The Kier molecular flexibility index (Phi) is 7.07. The van der Waals surface area contributed by atoms with Crippen molar-refractivity contribution in [2.24, 2.45) is 5.92 Å². The third-order valence-electron chi connectivity index (χ3n) is 7.12. The van der Waals surface area contributed by atoms with E-state index >= 15 is 0 Å². The van der Waals surface area contributed by atoms with Gasteiger partial charge in [-0.15, -0.1) is 0 Å². The monoisotopic (exact) mass is 509 g/mol. The molecular weight excluding hydrogens is 478 g/mol. The highest BCUT2D eigenvalue weighted by atomic mass is 16.7. The minimum Gasteiger partial charge on any atom is -0.454 e. The Morgan fingerprint density at radius 3 is 2.05 bits per heavy atom. The van der Waals surface area contributed by atoms with Crippen molar-refractivity contribution in [3.8, 4) is 23.0 Å². The van der Waals surface area contributed by atoms with Gasteiger partial charge in [-0.05, 0) is 68.5 Å². The van der Waals surface area contributed by atoms with Gasteiger partial charge in [-0.3, -0.25) is 14.4 Å². The van der Waals surface area contributed by atoms with Crippen LogP contribution in [0.1, 0.15) is 53.8 Å². The quantitative estimate of drug-likeness (QED) is 0.590. The number of hydrogen-bond donors (Lipinski definition) is 2. The molecule has 0 aromatic heterocycles. The maximum Gasteiger partial charge on any atom is 0.253 e. The number of nitrogens with one attached hydrogen (secondary N) is 2. The van der Waals surface area contributed by atoms with E-state index in [0.717, 1.165) is 6.42 Å². The van der Waals surface area contributed by atoms with Gasteiger partial charge in [0.25, 0.3) is 11.8 Å². The van der Waals surface area contributed by atoms with Crippen LogP contribution in [0.2, 0.25) is 0 Å². The zero-order valence-electron chi connectivity index (χ0n) is 21.0. The van der Waals surface area contributed by atoms with Gasteiger partial charge < -0.3 is 34.5 Å². The van der Waals surface area contributed by atoms with Gasteiger partial charge in [-0.1, -0.05) is 6.92 Å². The van der Waals surface area contributed by atoms with Crippen LogP contribution in [0, 0.1) is 5.92 Å². The molecule has 0 bridgehead atoms. The van der Waals surface area contributed by atoms with Crippen LogP contribution in [-0.2, 0) is 4.79 Å². The predicted molar refractivity (Wildman–Crippen MR) is 133 cm³/mol. The average molecular weight is 510 g/mol. The summed E-state index contributed by atoms with van der Waals surface area (Å²) in [4.78, 5) is 41.3. The summed E-state index contributed by atoms with van der Waals surface area (Å²) in [5.74, 6) is 1.48. The maximum atomic E-state index is 13.2. The summed E-state index contributed by atoms with van der Waals surface area (Å²) in [6, 6.07) is 9.38. The number of carbonyl (C=O) groups is 3. The van der Waals surface area contributed by atoms with Crippen LogP contribution in [0.15, 0.2) is 36.4 Å². The minimum absolute atomic E-state index is 0.0230. The Labute approximate surface area is 215 Å². The molecule has 0 radical (unpaired) electrons. The molecule has 2 aromatic carbocycles. The van der Waals surface area contributed by atoms with Gasteiger partial charge in [0.2, 0.25) is 19.5 Å². The van der Waals surface area contributed by atoms with Crippen molar-refractivity contribution in [3.05, 3.63) is 47.5 Å². The third kappa shape index (κ3) is 5.28. The SMILES string of the molecule is CC[C@H](C)NC(=O)[C@@H](NC(=O)c1ccc2c(c1)OCO2)C1CCN(C(=O)c2ccc3c(c2)OCO3)CC1. The van der Waals surface area contributed by atoms with Crippen LogP contribution in [0.25, 0.3) is 0 Å². The molecule has 3 aliphatic heterocycles. The van der Waals surface area contributed by atoms with E-state index in [1.165, 1.54) is 0 Å². The molecule has 10 heteroatoms. The summed E-state index contributed by atoms with van der Waals surface area (Å²) < 4.78 is 21.4. The summed E-state index contributed by atoms with van der Waals surface area (Å²) in [7, 11) is 0. The molecule has 0 spiro atoms. The Morgan fingerprint density at radius 2 is 1.43 bits per heavy atom. The molecular formula is C27H31N3O7. The van der Waals surface area contributed by atoms with Gasteiger partial charge in [-0.25, -0.2) is 0 Å². The number of amides is 3. The van der Waals surface area contributed by atoms with Crippen molar-refractivity contribution in [1.29, 1.82) is 0 Å². The minimum atomic E-state index is -0.727. The fourth-order valence-corrected chi connectivity index (χ4v) is 4.74. The van der Waals surface area contributed by atoms with Crippen molar-refractivity contribution in [2.45, 2.75) is 45.2 Å². The van der Waals surface area contributed by atoms with Gasteiger partial charge >= 0.3 is 0 Å². The number of hydrogen-bond acceptors (Lipinski definition) is 7. The van der Waals surface area contributed by atoms with Crippen molar-refractivity contribution < 1.29 is 33.3 Å². The molecule has 2 atom stereocenters. The normalized spacial score (nSPS) is 17.7. The van der Waals surface area contributed by atoms with E-state index in [-0.39, 0.29) is 43.3 Å². The number of ether oxygens (including phenoxy) is 4. The Balaban J connectivity index is 1.26. The van der Waals surface area contributed by atoms with Crippen LogP contribution in [-0.4, -0.2) is 61.4 Å². The summed E-state index contributed by atoms with van der Waals surface area (Å²) in [5.41, 5.74) is 0.922. The molecule has 3 heterocycles. The lowest BCUT2D eigenvalue weighted by molar-refractivity contribution is -0.125. The summed E-state index contributed by atoms with van der Waals surface area (Å²) >= 11 is 0. The molecule has 196 valence electrons. The standard InChI is InChI=1S/C27H31N3O7/c1-3-16(2)28-26(32)24(29-25(31)18-4-6-20-22(12-18)36-14-34-20)17-8-10-30(11-9-17)27(33)19-5-7-21-23(13-19)37-15-35-21/h4-7,12-13,16-17,24H,3,8-11,14-15H2,1-2H3,(H,28,32)(H,29,31)/t16-,24-/m0/s1.